The molecule has 0 spiro atoms. The average Bonchev–Trinajstić information content (AvgIpc) is 2.36. The Balaban J connectivity index is 1.75. The van der Waals surface area contributed by atoms with Crippen molar-refractivity contribution < 1.29 is 0 Å². The molecular formula is C15H21BrN2. The Hall–Kier alpha value is -0.380. The Labute approximate surface area is 118 Å². The zero-order valence-corrected chi connectivity index (χ0v) is 12.5. The van der Waals surface area contributed by atoms with Gasteiger partial charge in [0.15, 0.2) is 0 Å². The number of hydrogen-bond donors (Lipinski definition) is 1. The second-order valence-electron chi connectivity index (χ2n) is 5.72. The van der Waals surface area contributed by atoms with Crippen LogP contribution in [-0.2, 0) is 0 Å². The third-order valence-electron chi connectivity index (χ3n) is 4.34. The van der Waals surface area contributed by atoms with E-state index in [0.717, 1.165) is 24.9 Å². The number of hydrogen-bond acceptors (Lipinski definition) is 2. The summed E-state index contributed by atoms with van der Waals surface area (Å²) in [6.45, 7) is 4.73. The molecule has 0 aliphatic carbocycles. The monoisotopic (exact) mass is 308 g/mol. The maximum absolute atomic E-state index is 3.77. The normalized spacial score (nSPS) is 23.0. The summed E-state index contributed by atoms with van der Waals surface area (Å²) >= 11 is 3.77. The van der Waals surface area contributed by atoms with Crippen LogP contribution >= 0.6 is 15.9 Å². The second-order valence-corrected chi connectivity index (χ2v) is 6.58. The minimum absolute atomic E-state index is 0.728. The van der Waals surface area contributed by atoms with E-state index in [0.29, 0.717) is 0 Å². The van der Waals surface area contributed by atoms with Crippen LogP contribution in [0.2, 0.25) is 0 Å². The lowest BCUT2D eigenvalue weighted by Gasteiger charge is -2.37. The Morgan fingerprint density at radius 3 is 2.50 bits per heavy atom. The Bertz CT molecular complexity index is 421. The summed E-state index contributed by atoms with van der Waals surface area (Å²) in [5.74, 6) is 1.48. The van der Waals surface area contributed by atoms with Gasteiger partial charge in [-0.25, -0.2) is 0 Å². The first kappa shape index (κ1) is 12.6. The van der Waals surface area contributed by atoms with Gasteiger partial charge < -0.3 is 10.2 Å². The van der Waals surface area contributed by atoms with Crippen molar-refractivity contribution in [2.75, 3.05) is 33.2 Å². The molecular weight excluding hydrogens is 288 g/mol. The van der Waals surface area contributed by atoms with Crippen molar-refractivity contribution in [1.82, 2.24) is 10.2 Å². The number of likely N-dealkylation sites (tertiary alicyclic amines) is 1. The van der Waals surface area contributed by atoms with Gasteiger partial charge in [0.25, 0.3) is 0 Å². The van der Waals surface area contributed by atoms with Gasteiger partial charge in [0.2, 0.25) is 0 Å². The molecule has 0 unspecified atom stereocenters. The first-order valence-corrected chi connectivity index (χ1v) is 7.72. The third-order valence-corrected chi connectivity index (χ3v) is 5.03. The number of nitrogens with zero attached hydrogens (tertiary/aromatic N) is 1. The summed E-state index contributed by atoms with van der Waals surface area (Å²) in [4.78, 5) is 2.37. The number of rotatable bonds is 2. The molecule has 2 heterocycles. The van der Waals surface area contributed by atoms with E-state index in [1.54, 1.807) is 0 Å². The molecule has 0 bridgehead atoms. The first-order chi connectivity index (χ1) is 8.74. The Morgan fingerprint density at radius 2 is 1.89 bits per heavy atom. The van der Waals surface area contributed by atoms with E-state index in [9.17, 15) is 0 Å². The first-order valence-electron chi connectivity index (χ1n) is 6.92. The Kier molecular flexibility index (Phi) is 3.73. The van der Waals surface area contributed by atoms with Gasteiger partial charge in [0, 0.05) is 23.5 Å². The molecule has 2 saturated heterocycles. The van der Waals surface area contributed by atoms with E-state index in [2.05, 4.69) is 51.4 Å². The topological polar surface area (TPSA) is 15.3 Å². The summed E-state index contributed by atoms with van der Waals surface area (Å²) < 4.78 is 1.32. The third kappa shape index (κ3) is 2.49. The van der Waals surface area contributed by atoms with E-state index in [4.69, 9.17) is 0 Å². The molecule has 3 rings (SSSR count). The Morgan fingerprint density at radius 1 is 1.17 bits per heavy atom. The molecule has 1 aromatic rings. The van der Waals surface area contributed by atoms with Gasteiger partial charge in [-0.15, -0.1) is 0 Å². The zero-order valence-electron chi connectivity index (χ0n) is 11.0. The van der Waals surface area contributed by atoms with Crippen LogP contribution < -0.4 is 5.32 Å². The minimum Gasteiger partial charge on any atom is -0.317 e. The molecule has 1 aromatic carbocycles. The van der Waals surface area contributed by atoms with Gasteiger partial charge in [-0.1, -0.05) is 28.1 Å². The fourth-order valence-electron chi connectivity index (χ4n) is 3.18. The molecule has 18 heavy (non-hydrogen) atoms. The van der Waals surface area contributed by atoms with Crippen LogP contribution in [-0.4, -0.2) is 38.1 Å². The fraction of sp³-hybridized carbons (Fsp3) is 0.600. The van der Waals surface area contributed by atoms with Crippen LogP contribution in [0.4, 0.5) is 0 Å². The molecule has 3 heteroatoms. The fourth-order valence-corrected chi connectivity index (χ4v) is 3.90. The van der Waals surface area contributed by atoms with Crippen molar-refractivity contribution in [2.45, 2.75) is 24.7 Å². The van der Waals surface area contributed by atoms with Gasteiger partial charge in [0.1, 0.15) is 0 Å². The highest BCUT2D eigenvalue weighted by atomic mass is 79.9. The molecule has 0 aromatic heterocycles. The standard InChI is InChI=1S/C15H21BrN2/c1-18-9-13(10-18)14-3-2-12(8-15(14)16)11-4-6-17-7-5-11/h2-3,8,11,13,17H,4-7,9-10H2,1H3. The van der Waals surface area contributed by atoms with Crippen molar-refractivity contribution in [1.29, 1.82) is 0 Å². The van der Waals surface area contributed by atoms with Crippen molar-refractivity contribution in [2.24, 2.45) is 0 Å². The summed E-state index contributed by atoms with van der Waals surface area (Å²) in [6, 6.07) is 7.07. The van der Waals surface area contributed by atoms with E-state index in [1.165, 1.54) is 41.5 Å². The van der Waals surface area contributed by atoms with E-state index >= 15 is 0 Å². The lowest BCUT2D eigenvalue weighted by atomic mass is 9.87. The summed E-state index contributed by atoms with van der Waals surface area (Å²) in [6.07, 6.45) is 2.55. The van der Waals surface area contributed by atoms with Gasteiger partial charge in [0.05, 0.1) is 0 Å². The number of nitrogens with one attached hydrogen (secondary N) is 1. The molecule has 2 aliphatic rings. The van der Waals surface area contributed by atoms with Gasteiger partial charge in [-0.05, 0) is 56.1 Å². The van der Waals surface area contributed by atoms with Crippen LogP contribution in [0.5, 0.6) is 0 Å². The van der Waals surface area contributed by atoms with E-state index in [-0.39, 0.29) is 0 Å². The van der Waals surface area contributed by atoms with Crippen LogP contribution in [0.15, 0.2) is 22.7 Å². The van der Waals surface area contributed by atoms with E-state index in [1.807, 2.05) is 0 Å². The highest BCUT2D eigenvalue weighted by molar-refractivity contribution is 9.10. The smallest absolute Gasteiger partial charge is 0.0213 e. The molecule has 2 nitrogen and oxygen atoms in total. The maximum Gasteiger partial charge on any atom is 0.0213 e. The van der Waals surface area contributed by atoms with Crippen LogP contribution in [0, 0.1) is 0 Å². The largest absolute Gasteiger partial charge is 0.317 e. The maximum atomic E-state index is 3.77. The zero-order chi connectivity index (χ0) is 12.5. The van der Waals surface area contributed by atoms with Crippen molar-refractivity contribution in [3.63, 3.8) is 0 Å². The van der Waals surface area contributed by atoms with Crippen LogP contribution in [0.1, 0.15) is 35.8 Å². The van der Waals surface area contributed by atoms with Gasteiger partial charge in [-0.2, -0.15) is 0 Å². The number of halogens is 1. The highest BCUT2D eigenvalue weighted by Gasteiger charge is 2.26. The average molecular weight is 309 g/mol. The molecule has 2 fully saturated rings. The lowest BCUT2D eigenvalue weighted by Crippen LogP contribution is -2.41. The quantitative estimate of drug-likeness (QED) is 0.903. The molecule has 1 N–H and O–H groups in total. The predicted molar refractivity (Wildman–Crippen MR) is 79.2 cm³/mol. The number of benzene rings is 1. The summed E-state index contributed by atoms with van der Waals surface area (Å²) in [5.41, 5.74) is 3.01. The molecule has 98 valence electrons. The molecule has 0 atom stereocenters. The minimum atomic E-state index is 0.728. The molecule has 2 aliphatic heterocycles. The van der Waals surface area contributed by atoms with Crippen molar-refractivity contribution >= 4 is 15.9 Å². The van der Waals surface area contributed by atoms with Crippen molar-refractivity contribution in [3.05, 3.63) is 33.8 Å². The van der Waals surface area contributed by atoms with Gasteiger partial charge >= 0.3 is 0 Å². The highest BCUT2D eigenvalue weighted by Crippen LogP contribution is 2.35. The van der Waals surface area contributed by atoms with Gasteiger partial charge in [-0.3, -0.25) is 0 Å². The molecule has 0 saturated carbocycles. The number of likely N-dealkylation sites (N-methyl/N-ethyl adjacent to an activating group) is 1. The van der Waals surface area contributed by atoms with Crippen LogP contribution in [0.25, 0.3) is 0 Å². The summed E-state index contributed by atoms with van der Waals surface area (Å²) in [7, 11) is 2.19. The molecule has 0 amide bonds. The van der Waals surface area contributed by atoms with E-state index < -0.39 is 0 Å². The lowest BCUT2D eigenvalue weighted by molar-refractivity contribution is 0.189. The van der Waals surface area contributed by atoms with Crippen LogP contribution in [0.3, 0.4) is 0 Å². The van der Waals surface area contributed by atoms with Crippen molar-refractivity contribution in [3.8, 4) is 0 Å². The SMILES string of the molecule is CN1CC(c2ccc(C3CCNCC3)cc2Br)C1. The predicted octanol–water partition coefficient (Wildman–Crippen LogP) is 2.95. The second kappa shape index (κ2) is 5.32. The number of piperidine rings is 1. The molecule has 0 radical (unpaired) electrons. The summed E-state index contributed by atoms with van der Waals surface area (Å²) in [5, 5.41) is 3.43.